The molecule has 4 heterocycles. The van der Waals surface area contributed by atoms with Crippen molar-refractivity contribution in [2.45, 2.75) is 32.7 Å². The molecule has 140 valence electrons. The highest BCUT2D eigenvalue weighted by molar-refractivity contribution is 7.17. The summed E-state index contributed by atoms with van der Waals surface area (Å²) in [6.07, 6.45) is 4.28. The number of amides is 1. The van der Waals surface area contributed by atoms with Gasteiger partial charge in [0.1, 0.15) is 5.00 Å². The van der Waals surface area contributed by atoms with Crippen molar-refractivity contribution < 1.29 is 4.79 Å². The van der Waals surface area contributed by atoms with E-state index in [4.69, 9.17) is 0 Å². The number of nitrogens with one attached hydrogen (secondary N) is 1. The normalized spacial score (nSPS) is 15.8. The van der Waals surface area contributed by atoms with Crippen LogP contribution in [-0.2, 0) is 0 Å². The predicted octanol–water partition coefficient (Wildman–Crippen LogP) is 5.26. The average Bonchev–Trinajstić information content (AvgIpc) is 3.42. The van der Waals surface area contributed by atoms with E-state index >= 15 is 0 Å². The lowest BCUT2D eigenvalue weighted by Gasteiger charge is -2.28. The Morgan fingerprint density at radius 2 is 2.00 bits per heavy atom. The smallest absolute Gasteiger partial charge is 0.266 e. The molecule has 4 nitrogen and oxygen atoms in total. The zero-order chi connectivity index (χ0) is 18.8. The van der Waals surface area contributed by atoms with Crippen LogP contribution >= 0.6 is 22.7 Å². The number of carbonyl (C=O) groups is 1. The van der Waals surface area contributed by atoms with Gasteiger partial charge in [-0.1, -0.05) is 12.1 Å². The van der Waals surface area contributed by atoms with Crippen LogP contribution in [-0.4, -0.2) is 28.9 Å². The van der Waals surface area contributed by atoms with E-state index < -0.39 is 0 Å². The van der Waals surface area contributed by atoms with Gasteiger partial charge in [-0.15, -0.1) is 22.7 Å². The topological polar surface area (TPSA) is 45.2 Å². The molecular weight excluding hydrogens is 374 g/mol. The lowest BCUT2D eigenvalue weighted by atomic mass is 9.99. The van der Waals surface area contributed by atoms with E-state index in [2.05, 4.69) is 35.1 Å². The fraction of sp³-hybridized carbons (Fsp3) is 0.333. The fourth-order valence-corrected chi connectivity index (χ4v) is 5.40. The summed E-state index contributed by atoms with van der Waals surface area (Å²) in [5.41, 5.74) is 3.50. The highest BCUT2D eigenvalue weighted by Crippen LogP contribution is 2.42. The number of carbonyl (C=O) groups excluding carboxylic acids is 1. The van der Waals surface area contributed by atoms with Crippen LogP contribution in [0.15, 0.2) is 41.9 Å². The molecule has 0 aliphatic carbocycles. The summed E-state index contributed by atoms with van der Waals surface area (Å²) in [5, 5.41) is 6.07. The molecule has 0 spiro atoms. The highest BCUT2D eigenvalue weighted by atomic mass is 32.1. The summed E-state index contributed by atoms with van der Waals surface area (Å²) in [6, 6.07) is 9.95. The van der Waals surface area contributed by atoms with E-state index in [0.717, 1.165) is 28.7 Å². The minimum atomic E-state index is -0.0336. The first-order valence-electron chi connectivity index (χ1n) is 9.25. The number of anilines is 1. The molecule has 1 aliphatic heterocycles. The average molecular weight is 398 g/mol. The van der Waals surface area contributed by atoms with Gasteiger partial charge >= 0.3 is 0 Å². The number of aryl methyl sites for hydroxylation is 1. The highest BCUT2D eigenvalue weighted by Gasteiger charge is 2.31. The van der Waals surface area contributed by atoms with Gasteiger partial charge in [0.15, 0.2) is 0 Å². The van der Waals surface area contributed by atoms with Gasteiger partial charge < -0.3 is 5.32 Å². The van der Waals surface area contributed by atoms with Crippen molar-refractivity contribution in [3.8, 4) is 0 Å². The van der Waals surface area contributed by atoms with Crippen molar-refractivity contribution in [2.75, 3.05) is 18.4 Å². The largest absolute Gasteiger partial charge is 0.313 e. The van der Waals surface area contributed by atoms with E-state index in [1.54, 1.807) is 11.3 Å². The second kappa shape index (κ2) is 7.92. The molecule has 1 fully saturated rings. The van der Waals surface area contributed by atoms with Gasteiger partial charge in [0.2, 0.25) is 0 Å². The molecule has 6 heteroatoms. The van der Waals surface area contributed by atoms with Crippen molar-refractivity contribution in [3.63, 3.8) is 0 Å². The predicted molar refractivity (Wildman–Crippen MR) is 113 cm³/mol. The second-order valence-electron chi connectivity index (χ2n) is 6.86. The summed E-state index contributed by atoms with van der Waals surface area (Å²) >= 11 is 3.13. The number of pyridine rings is 1. The summed E-state index contributed by atoms with van der Waals surface area (Å²) in [4.78, 5) is 21.9. The molecule has 4 rings (SSSR count). The van der Waals surface area contributed by atoms with Gasteiger partial charge in [-0.2, -0.15) is 0 Å². The Bertz CT molecular complexity index is 913. The summed E-state index contributed by atoms with van der Waals surface area (Å²) in [6.45, 7) is 6.42. The molecule has 1 atom stereocenters. The number of rotatable bonds is 5. The van der Waals surface area contributed by atoms with Crippen LogP contribution in [0, 0.1) is 13.8 Å². The van der Waals surface area contributed by atoms with E-state index in [9.17, 15) is 4.79 Å². The molecule has 1 amide bonds. The SMILES string of the molecule is Cc1sc(NC(=O)c2cccs2)c([C@H](c2ccccn2)N2CCCC2)c1C. The second-order valence-corrected chi connectivity index (χ2v) is 9.03. The first-order chi connectivity index (χ1) is 13.1. The lowest BCUT2D eigenvalue weighted by Crippen LogP contribution is -2.28. The Hall–Kier alpha value is -2.02. The van der Waals surface area contributed by atoms with Crippen molar-refractivity contribution in [1.82, 2.24) is 9.88 Å². The number of hydrogen-bond donors (Lipinski definition) is 1. The summed E-state index contributed by atoms with van der Waals surface area (Å²) < 4.78 is 0. The van der Waals surface area contributed by atoms with Gasteiger partial charge in [0, 0.05) is 16.6 Å². The lowest BCUT2D eigenvalue weighted by molar-refractivity contribution is 0.103. The van der Waals surface area contributed by atoms with Gasteiger partial charge in [-0.25, -0.2) is 0 Å². The number of nitrogens with zero attached hydrogens (tertiary/aromatic N) is 2. The maximum absolute atomic E-state index is 12.7. The molecule has 3 aromatic heterocycles. The van der Waals surface area contributed by atoms with Gasteiger partial charge in [0.05, 0.1) is 16.6 Å². The maximum atomic E-state index is 12.7. The van der Waals surface area contributed by atoms with E-state index in [-0.39, 0.29) is 11.9 Å². The zero-order valence-corrected chi connectivity index (χ0v) is 17.2. The summed E-state index contributed by atoms with van der Waals surface area (Å²) in [7, 11) is 0. The van der Waals surface area contributed by atoms with Gasteiger partial charge in [0.25, 0.3) is 5.91 Å². The standard InChI is InChI=1S/C21H23N3OS2/c1-14-15(2)27-21(23-20(25)17-9-7-13-26-17)18(14)19(24-11-5-6-12-24)16-8-3-4-10-22-16/h3-4,7-10,13,19H,5-6,11-12H2,1-2H3,(H,23,25)/t19-/m0/s1. The first kappa shape index (κ1) is 18.3. The molecule has 0 aromatic carbocycles. The van der Waals surface area contributed by atoms with Crippen LogP contribution in [0.5, 0.6) is 0 Å². The third-order valence-corrected chi connectivity index (χ3v) is 7.16. The van der Waals surface area contributed by atoms with Crippen LogP contribution in [0.1, 0.15) is 50.3 Å². The minimum Gasteiger partial charge on any atom is -0.313 e. The quantitative estimate of drug-likeness (QED) is 0.639. The number of thiophene rings is 2. The molecule has 1 aliphatic rings. The number of likely N-dealkylation sites (tertiary alicyclic amines) is 1. The van der Waals surface area contributed by atoms with E-state index in [1.807, 2.05) is 35.8 Å². The third kappa shape index (κ3) is 3.70. The Labute approximate surface area is 167 Å². The van der Waals surface area contributed by atoms with Crippen molar-refractivity contribution >= 4 is 33.6 Å². The first-order valence-corrected chi connectivity index (χ1v) is 10.9. The van der Waals surface area contributed by atoms with E-state index in [0.29, 0.717) is 0 Å². The van der Waals surface area contributed by atoms with Gasteiger partial charge in [-0.05, 0) is 68.9 Å². The van der Waals surface area contributed by atoms with Crippen LogP contribution in [0.25, 0.3) is 0 Å². The molecule has 27 heavy (non-hydrogen) atoms. The van der Waals surface area contributed by atoms with Crippen molar-refractivity contribution in [3.05, 3.63) is 68.5 Å². The molecule has 1 N–H and O–H groups in total. The maximum Gasteiger partial charge on any atom is 0.266 e. The zero-order valence-electron chi connectivity index (χ0n) is 15.6. The molecule has 1 saturated heterocycles. The monoisotopic (exact) mass is 397 g/mol. The molecule has 0 bridgehead atoms. The Kier molecular flexibility index (Phi) is 5.38. The minimum absolute atomic E-state index is 0.0336. The van der Waals surface area contributed by atoms with Crippen molar-refractivity contribution in [2.24, 2.45) is 0 Å². The number of aromatic nitrogens is 1. The fourth-order valence-electron chi connectivity index (χ4n) is 3.69. The van der Waals surface area contributed by atoms with Crippen LogP contribution in [0.3, 0.4) is 0 Å². The Balaban J connectivity index is 1.76. The molecule has 0 saturated carbocycles. The molecule has 0 radical (unpaired) electrons. The van der Waals surface area contributed by atoms with Crippen LogP contribution < -0.4 is 5.32 Å². The molecular formula is C21H23N3OS2. The number of hydrogen-bond acceptors (Lipinski definition) is 5. The summed E-state index contributed by atoms with van der Waals surface area (Å²) in [5.74, 6) is -0.0336. The molecule has 3 aromatic rings. The van der Waals surface area contributed by atoms with E-state index in [1.165, 1.54) is 40.2 Å². The van der Waals surface area contributed by atoms with Crippen LogP contribution in [0.4, 0.5) is 5.00 Å². The Morgan fingerprint density at radius 1 is 1.19 bits per heavy atom. The third-order valence-electron chi connectivity index (χ3n) is 5.15. The van der Waals surface area contributed by atoms with Crippen LogP contribution in [0.2, 0.25) is 0 Å². The van der Waals surface area contributed by atoms with Crippen molar-refractivity contribution in [1.29, 1.82) is 0 Å². The van der Waals surface area contributed by atoms with Gasteiger partial charge in [-0.3, -0.25) is 14.7 Å². The molecule has 0 unspecified atom stereocenters. The Morgan fingerprint density at radius 3 is 2.67 bits per heavy atom.